The van der Waals surface area contributed by atoms with Gasteiger partial charge in [0.2, 0.25) is 0 Å². The third kappa shape index (κ3) is 2.19. The molecule has 1 amide bonds. The van der Waals surface area contributed by atoms with Crippen molar-refractivity contribution in [3.8, 4) is 5.69 Å². The van der Waals surface area contributed by atoms with Crippen molar-refractivity contribution < 1.29 is 14.7 Å². The summed E-state index contributed by atoms with van der Waals surface area (Å²) in [7, 11) is 0. The number of amides is 1. The quantitative estimate of drug-likeness (QED) is 0.924. The van der Waals surface area contributed by atoms with E-state index in [9.17, 15) is 14.7 Å². The van der Waals surface area contributed by atoms with Gasteiger partial charge in [0.25, 0.3) is 5.91 Å². The second kappa shape index (κ2) is 5.19. The van der Waals surface area contributed by atoms with E-state index in [2.05, 4.69) is 10.3 Å². The van der Waals surface area contributed by atoms with Crippen LogP contribution in [0.25, 0.3) is 5.69 Å². The van der Waals surface area contributed by atoms with Crippen molar-refractivity contribution in [1.82, 2.24) is 19.9 Å². The minimum atomic E-state index is -0.800. The number of rotatable bonds is 3. The van der Waals surface area contributed by atoms with Crippen LogP contribution in [0, 0.1) is 5.92 Å². The van der Waals surface area contributed by atoms with Gasteiger partial charge in [0.1, 0.15) is 0 Å². The SMILES string of the molecule is O=C(O)[C@@H]1C[C@H]2CC[C@@H]1N2C(=O)c1cccc(-n2ccnn2)c1. The molecule has 0 spiro atoms. The van der Waals surface area contributed by atoms with E-state index >= 15 is 0 Å². The lowest BCUT2D eigenvalue weighted by molar-refractivity contribution is -0.142. The number of aromatic nitrogens is 3. The fourth-order valence-corrected chi connectivity index (χ4v) is 3.85. The van der Waals surface area contributed by atoms with Crippen molar-refractivity contribution in [2.75, 3.05) is 0 Å². The Morgan fingerprint density at radius 2 is 2.13 bits per heavy atom. The summed E-state index contributed by atoms with van der Waals surface area (Å²) in [6.07, 6.45) is 5.52. The minimum Gasteiger partial charge on any atom is -0.481 e. The lowest BCUT2D eigenvalue weighted by Crippen LogP contribution is -2.37. The average Bonchev–Trinajstić information content (AvgIpc) is 3.29. The van der Waals surface area contributed by atoms with Gasteiger partial charge in [-0.2, -0.15) is 0 Å². The van der Waals surface area contributed by atoms with E-state index in [1.165, 1.54) is 0 Å². The van der Waals surface area contributed by atoms with E-state index in [0.29, 0.717) is 12.0 Å². The number of carbonyl (C=O) groups excluding carboxylic acids is 1. The first-order chi connectivity index (χ1) is 11.1. The molecule has 0 unspecified atom stereocenters. The Bertz CT molecular complexity index is 758. The van der Waals surface area contributed by atoms with Crippen molar-refractivity contribution in [1.29, 1.82) is 0 Å². The summed E-state index contributed by atoms with van der Waals surface area (Å²) < 4.78 is 1.59. The predicted molar refractivity (Wildman–Crippen MR) is 80.1 cm³/mol. The molecule has 0 aliphatic carbocycles. The second-order valence-electron chi connectivity index (χ2n) is 6.09. The van der Waals surface area contributed by atoms with Crippen LogP contribution in [0.3, 0.4) is 0 Å². The number of carboxylic acid groups (broad SMARTS) is 1. The topological polar surface area (TPSA) is 88.3 Å². The maximum atomic E-state index is 12.9. The second-order valence-corrected chi connectivity index (χ2v) is 6.09. The van der Waals surface area contributed by atoms with Gasteiger partial charge < -0.3 is 10.0 Å². The summed E-state index contributed by atoms with van der Waals surface area (Å²) in [5.74, 6) is -1.33. The summed E-state index contributed by atoms with van der Waals surface area (Å²) in [5.41, 5.74) is 1.32. The van der Waals surface area contributed by atoms with Crippen LogP contribution in [0.2, 0.25) is 0 Å². The van der Waals surface area contributed by atoms with Crippen LogP contribution in [0.1, 0.15) is 29.6 Å². The molecular weight excluding hydrogens is 296 g/mol. The molecule has 2 bridgehead atoms. The lowest BCUT2D eigenvalue weighted by Gasteiger charge is -2.23. The van der Waals surface area contributed by atoms with Gasteiger partial charge in [0.05, 0.1) is 24.0 Å². The van der Waals surface area contributed by atoms with Crippen molar-refractivity contribution in [2.24, 2.45) is 5.92 Å². The van der Waals surface area contributed by atoms with Gasteiger partial charge in [-0.05, 0) is 37.5 Å². The first-order valence-electron chi connectivity index (χ1n) is 7.67. The van der Waals surface area contributed by atoms with Gasteiger partial charge >= 0.3 is 5.97 Å². The summed E-state index contributed by atoms with van der Waals surface area (Å²) in [6.45, 7) is 0. The molecular formula is C16H16N4O3. The minimum absolute atomic E-state index is 0.0450. The standard InChI is InChI=1S/C16H16N4O3/c21-15(20-12-4-5-14(20)13(9-12)16(22)23)10-2-1-3-11(8-10)19-7-6-17-18-19/h1-3,6-8,12-14H,4-5,9H2,(H,22,23)/t12-,13-,14+/m1/s1. The Kier molecular flexibility index (Phi) is 3.14. The highest BCUT2D eigenvalue weighted by Gasteiger charge is 2.51. The molecule has 7 nitrogen and oxygen atoms in total. The molecule has 2 aliphatic heterocycles. The normalized spacial score (nSPS) is 25.7. The molecule has 1 N–H and O–H groups in total. The van der Waals surface area contributed by atoms with Gasteiger partial charge in [-0.1, -0.05) is 11.3 Å². The van der Waals surface area contributed by atoms with Gasteiger partial charge in [-0.25, -0.2) is 4.68 Å². The molecule has 7 heteroatoms. The number of aliphatic carboxylic acids is 1. The number of benzene rings is 1. The third-order valence-electron chi connectivity index (χ3n) is 4.87. The fourth-order valence-electron chi connectivity index (χ4n) is 3.85. The van der Waals surface area contributed by atoms with Crippen molar-refractivity contribution in [3.63, 3.8) is 0 Å². The predicted octanol–water partition coefficient (Wildman–Crippen LogP) is 1.34. The molecule has 118 valence electrons. The molecule has 0 radical (unpaired) electrons. The molecule has 4 rings (SSSR count). The van der Waals surface area contributed by atoms with Crippen LogP contribution in [0.4, 0.5) is 0 Å². The molecule has 23 heavy (non-hydrogen) atoms. The van der Waals surface area contributed by atoms with Crippen LogP contribution >= 0.6 is 0 Å². The van der Waals surface area contributed by atoms with Crippen molar-refractivity contribution in [3.05, 3.63) is 42.2 Å². The molecule has 0 saturated carbocycles. The first kappa shape index (κ1) is 13.9. The van der Waals surface area contributed by atoms with Crippen molar-refractivity contribution >= 4 is 11.9 Å². The zero-order valence-corrected chi connectivity index (χ0v) is 12.4. The van der Waals surface area contributed by atoms with Crippen LogP contribution in [-0.2, 0) is 4.79 Å². The maximum absolute atomic E-state index is 12.9. The Morgan fingerprint density at radius 3 is 2.83 bits per heavy atom. The van der Waals surface area contributed by atoms with Gasteiger partial charge in [-0.15, -0.1) is 5.10 Å². The molecule has 2 saturated heterocycles. The summed E-state index contributed by atoms with van der Waals surface area (Å²) >= 11 is 0. The highest BCUT2D eigenvalue weighted by Crippen LogP contribution is 2.42. The van der Waals surface area contributed by atoms with E-state index in [4.69, 9.17) is 0 Å². The average molecular weight is 312 g/mol. The van der Waals surface area contributed by atoms with E-state index < -0.39 is 11.9 Å². The molecule has 1 aromatic heterocycles. The number of hydrogen-bond donors (Lipinski definition) is 1. The summed E-state index contributed by atoms with van der Waals surface area (Å²) in [4.78, 5) is 26.0. The molecule has 2 aromatic rings. The van der Waals surface area contributed by atoms with Crippen LogP contribution < -0.4 is 0 Å². The number of fused-ring (bicyclic) bond motifs is 2. The summed E-state index contributed by atoms with van der Waals surface area (Å²) in [6, 6.07) is 7.05. The monoisotopic (exact) mass is 312 g/mol. The Hall–Kier alpha value is -2.70. The highest BCUT2D eigenvalue weighted by molar-refractivity contribution is 5.96. The van der Waals surface area contributed by atoms with Crippen LogP contribution in [0.5, 0.6) is 0 Å². The molecule has 2 aliphatic rings. The van der Waals surface area contributed by atoms with Crippen LogP contribution in [-0.4, -0.2) is 49.0 Å². The Balaban J connectivity index is 1.63. The third-order valence-corrected chi connectivity index (χ3v) is 4.87. The van der Waals surface area contributed by atoms with E-state index in [1.54, 1.807) is 40.2 Å². The number of carboxylic acids is 1. The largest absolute Gasteiger partial charge is 0.481 e. The lowest BCUT2D eigenvalue weighted by atomic mass is 9.89. The fraction of sp³-hybridized carbons (Fsp3) is 0.375. The molecule has 2 fully saturated rings. The van der Waals surface area contributed by atoms with E-state index in [0.717, 1.165) is 18.5 Å². The number of hydrogen-bond acceptors (Lipinski definition) is 4. The van der Waals surface area contributed by atoms with Crippen molar-refractivity contribution in [2.45, 2.75) is 31.3 Å². The van der Waals surface area contributed by atoms with E-state index in [1.807, 2.05) is 6.07 Å². The van der Waals surface area contributed by atoms with Gasteiger partial charge in [0, 0.05) is 17.6 Å². The smallest absolute Gasteiger partial charge is 0.308 e. The Labute approximate surface area is 132 Å². The maximum Gasteiger partial charge on any atom is 0.308 e. The van der Waals surface area contributed by atoms with Crippen LogP contribution in [0.15, 0.2) is 36.7 Å². The first-order valence-corrected chi connectivity index (χ1v) is 7.67. The molecule has 3 atom stereocenters. The number of carbonyl (C=O) groups is 2. The molecule has 1 aromatic carbocycles. The number of nitrogens with zero attached hydrogens (tertiary/aromatic N) is 4. The Morgan fingerprint density at radius 1 is 1.26 bits per heavy atom. The zero-order valence-electron chi connectivity index (χ0n) is 12.4. The van der Waals surface area contributed by atoms with E-state index in [-0.39, 0.29) is 18.0 Å². The summed E-state index contributed by atoms with van der Waals surface area (Å²) in [5, 5.41) is 17.0. The molecule has 3 heterocycles. The highest BCUT2D eigenvalue weighted by atomic mass is 16.4. The van der Waals surface area contributed by atoms with Gasteiger partial charge in [0.15, 0.2) is 0 Å². The zero-order chi connectivity index (χ0) is 16.0. The van der Waals surface area contributed by atoms with Gasteiger partial charge in [-0.3, -0.25) is 9.59 Å².